The molecule has 0 fully saturated rings. The van der Waals surface area contributed by atoms with E-state index in [9.17, 15) is 9.59 Å². The summed E-state index contributed by atoms with van der Waals surface area (Å²) in [6, 6.07) is 1.56. The molecule has 0 aliphatic heterocycles. The summed E-state index contributed by atoms with van der Waals surface area (Å²) in [4.78, 5) is 24.7. The van der Waals surface area contributed by atoms with E-state index in [1.54, 1.807) is 13.1 Å². The van der Waals surface area contributed by atoms with Crippen molar-refractivity contribution in [3.63, 3.8) is 0 Å². The highest BCUT2D eigenvalue weighted by Crippen LogP contribution is 2.18. The summed E-state index contributed by atoms with van der Waals surface area (Å²) < 4.78 is 5.35. The van der Waals surface area contributed by atoms with Crippen molar-refractivity contribution in [3.05, 3.63) is 22.6 Å². The molecule has 0 radical (unpaired) electrons. The standard InChI is InChI=1S/C11H15BrN2O3/c1-3-5-13-9(15)7-14(2)11(16)8-4-6-17-10(8)12/h4,6H,3,5,7H2,1-2H3,(H,13,15). The maximum atomic E-state index is 11.9. The number of nitrogens with one attached hydrogen (secondary N) is 1. The number of halogens is 1. The zero-order chi connectivity index (χ0) is 12.8. The molecular weight excluding hydrogens is 288 g/mol. The van der Waals surface area contributed by atoms with Crippen LogP contribution in [-0.4, -0.2) is 36.9 Å². The summed E-state index contributed by atoms with van der Waals surface area (Å²) in [5.74, 6) is -0.417. The first-order valence-corrected chi connectivity index (χ1v) is 6.10. The van der Waals surface area contributed by atoms with Gasteiger partial charge in [0, 0.05) is 13.6 Å². The van der Waals surface area contributed by atoms with Crippen molar-refractivity contribution >= 4 is 27.7 Å². The molecule has 1 aromatic rings. The van der Waals surface area contributed by atoms with Crippen molar-refractivity contribution in [1.82, 2.24) is 10.2 Å². The van der Waals surface area contributed by atoms with E-state index in [2.05, 4.69) is 21.2 Å². The lowest BCUT2D eigenvalue weighted by atomic mass is 10.3. The summed E-state index contributed by atoms with van der Waals surface area (Å²) in [6.07, 6.45) is 2.29. The summed E-state index contributed by atoms with van der Waals surface area (Å²) in [5.41, 5.74) is 0.413. The smallest absolute Gasteiger partial charge is 0.258 e. The second-order valence-corrected chi connectivity index (χ2v) is 4.34. The maximum absolute atomic E-state index is 11.9. The minimum atomic E-state index is -0.253. The third-order valence-corrected chi connectivity index (χ3v) is 2.76. The van der Waals surface area contributed by atoms with Gasteiger partial charge >= 0.3 is 0 Å². The number of furan rings is 1. The van der Waals surface area contributed by atoms with Crippen LogP contribution in [0.15, 0.2) is 21.4 Å². The molecule has 1 heterocycles. The minimum Gasteiger partial charge on any atom is -0.457 e. The van der Waals surface area contributed by atoms with Crippen molar-refractivity contribution in [2.75, 3.05) is 20.1 Å². The van der Waals surface area contributed by atoms with Crippen molar-refractivity contribution in [2.24, 2.45) is 0 Å². The highest BCUT2D eigenvalue weighted by Gasteiger charge is 2.18. The number of nitrogens with zero attached hydrogens (tertiary/aromatic N) is 1. The topological polar surface area (TPSA) is 62.6 Å². The Morgan fingerprint density at radius 1 is 1.53 bits per heavy atom. The zero-order valence-corrected chi connectivity index (χ0v) is 11.4. The third-order valence-electron chi connectivity index (χ3n) is 2.15. The van der Waals surface area contributed by atoms with Gasteiger partial charge in [-0.1, -0.05) is 6.92 Å². The van der Waals surface area contributed by atoms with Crippen LogP contribution in [0.4, 0.5) is 0 Å². The quantitative estimate of drug-likeness (QED) is 0.899. The molecule has 0 saturated carbocycles. The van der Waals surface area contributed by atoms with Gasteiger partial charge in [-0.3, -0.25) is 9.59 Å². The van der Waals surface area contributed by atoms with E-state index in [0.717, 1.165) is 6.42 Å². The number of carbonyl (C=O) groups is 2. The number of hydrogen-bond acceptors (Lipinski definition) is 3. The Morgan fingerprint density at radius 3 is 2.76 bits per heavy atom. The Labute approximate surface area is 108 Å². The second kappa shape index (κ2) is 6.44. The molecule has 94 valence electrons. The normalized spacial score (nSPS) is 10.1. The van der Waals surface area contributed by atoms with Crippen LogP contribution in [0.1, 0.15) is 23.7 Å². The van der Waals surface area contributed by atoms with Crippen molar-refractivity contribution in [1.29, 1.82) is 0 Å². The Balaban J connectivity index is 2.53. The van der Waals surface area contributed by atoms with Crippen LogP contribution < -0.4 is 5.32 Å². The molecule has 6 heteroatoms. The molecule has 0 aliphatic rings. The number of likely N-dealkylation sites (N-methyl/N-ethyl adjacent to an activating group) is 1. The molecule has 5 nitrogen and oxygen atoms in total. The lowest BCUT2D eigenvalue weighted by Gasteiger charge is -2.15. The molecule has 0 unspecified atom stereocenters. The van der Waals surface area contributed by atoms with Gasteiger partial charge in [0.1, 0.15) is 0 Å². The summed E-state index contributed by atoms with van der Waals surface area (Å²) in [6.45, 7) is 2.63. The third kappa shape index (κ3) is 3.89. The average Bonchev–Trinajstić information content (AvgIpc) is 2.71. The van der Waals surface area contributed by atoms with Gasteiger partial charge in [-0.15, -0.1) is 0 Å². The van der Waals surface area contributed by atoms with E-state index in [0.29, 0.717) is 16.8 Å². The van der Waals surface area contributed by atoms with Gasteiger partial charge in [0.25, 0.3) is 5.91 Å². The predicted molar refractivity (Wildman–Crippen MR) is 66.7 cm³/mol. The summed E-state index contributed by atoms with van der Waals surface area (Å²) in [7, 11) is 1.58. The van der Waals surface area contributed by atoms with E-state index in [1.165, 1.54) is 11.2 Å². The van der Waals surface area contributed by atoms with E-state index < -0.39 is 0 Å². The molecule has 2 amide bonds. The molecule has 1 N–H and O–H groups in total. The molecular formula is C11H15BrN2O3. The van der Waals surface area contributed by atoms with E-state index in [1.807, 2.05) is 6.92 Å². The van der Waals surface area contributed by atoms with E-state index >= 15 is 0 Å². The largest absolute Gasteiger partial charge is 0.457 e. The fourth-order valence-corrected chi connectivity index (χ4v) is 1.67. The number of carbonyl (C=O) groups excluding carboxylic acids is 2. The van der Waals surface area contributed by atoms with Crippen LogP contribution in [0.25, 0.3) is 0 Å². The zero-order valence-electron chi connectivity index (χ0n) is 9.83. The van der Waals surface area contributed by atoms with Gasteiger partial charge in [-0.05, 0) is 28.4 Å². The summed E-state index contributed by atoms with van der Waals surface area (Å²) >= 11 is 3.13. The molecule has 0 aromatic carbocycles. The number of amides is 2. The fourth-order valence-electron chi connectivity index (χ4n) is 1.26. The first kappa shape index (κ1) is 13.8. The van der Waals surface area contributed by atoms with Gasteiger partial charge in [0.2, 0.25) is 5.91 Å². The molecule has 0 bridgehead atoms. The molecule has 0 atom stereocenters. The van der Waals surface area contributed by atoms with Gasteiger partial charge in [-0.2, -0.15) is 0 Å². The Morgan fingerprint density at radius 2 is 2.24 bits per heavy atom. The van der Waals surface area contributed by atoms with Crippen molar-refractivity contribution in [2.45, 2.75) is 13.3 Å². The van der Waals surface area contributed by atoms with Gasteiger partial charge < -0.3 is 14.6 Å². The summed E-state index contributed by atoms with van der Waals surface area (Å²) in [5, 5.41) is 2.71. The SMILES string of the molecule is CCCNC(=O)CN(C)C(=O)c1ccoc1Br. The second-order valence-electron chi connectivity index (χ2n) is 3.62. The first-order chi connectivity index (χ1) is 8.06. The Bertz CT molecular complexity index is 403. The lowest BCUT2D eigenvalue weighted by molar-refractivity contribution is -0.121. The highest BCUT2D eigenvalue weighted by molar-refractivity contribution is 9.10. The van der Waals surface area contributed by atoms with Gasteiger partial charge in [0.05, 0.1) is 18.4 Å². The number of hydrogen-bond donors (Lipinski definition) is 1. The molecule has 0 spiro atoms. The van der Waals surface area contributed by atoms with Crippen LogP contribution in [-0.2, 0) is 4.79 Å². The van der Waals surface area contributed by atoms with Crippen LogP contribution in [0.2, 0.25) is 0 Å². The van der Waals surface area contributed by atoms with Gasteiger partial charge in [0.15, 0.2) is 4.67 Å². The first-order valence-electron chi connectivity index (χ1n) is 5.31. The Kier molecular flexibility index (Phi) is 5.21. The molecule has 0 aliphatic carbocycles. The number of rotatable bonds is 5. The molecule has 0 saturated heterocycles. The maximum Gasteiger partial charge on any atom is 0.258 e. The predicted octanol–water partition coefficient (Wildman–Crippen LogP) is 1.64. The van der Waals surface area contributed by atoms with Crippen LogP contribution >= 0.6 is 15.9 Å². The van der Waals surface area contributed by atoms with Gasteiger partial charge in [-0.25, -0.2) is 0 Å². The molecule has 1 aromatic heterocycles. The lowest BCUT2D eigenvalue weighted by Crippen LogP contribution is -2.38. The van der Waals surface area contributed by atoms with Crippen molar-refractivity contribution in [3.8, 4) is 0 Å². The monoisotopic (exact) mass is 302 g/mol. The average molecular weight is 303 g/mol. The fraction of sp³-hybridized carbons (Fsp3) is 0.455. The minimum absolute atomic E-state index is 0.0381. The van der Waals surface area contributed by atoms with Crippen LogP contribution in [0, 0.1) is 0 Å². The van der Waals surface area contributed by atoms with E-state index in [-0.39, 0.29) is 18.4 Å². The van der Waals surface area contributed by atoms with Crippen LogP contribution in [0.3, 0.4) is 0 Å². The highest BCUT2D eigenvalue weighted by atomic mass is 79.9. The van der Waals surface area contributed by atoms with Crippen molar-refractivity contribution < 1.29 is 14.0 Å². The van der Waals surface area contributed by atoms with Crippen LogP contribution in [0.5, 0.6) is 0 Å². The molecule has 17 heavy (non-hydrogen) atoms. The molecule has 1 rings (SSSR count). The Hall–Kier alpha value is -1.30. The van der Waals surface area contributed by atoms with E-state index in [4.69, 9.17) is 4.42 Å².